The number of carbonyl (C=O) groups is 3. The van der Waals surface area contributed by atoms with Gasteiger partial charge in [0.15, 0.2) is 6.10 Å². The third-order valence-corrected chi connectivity index (χ3v) is 13.1. The zero-order chi connectivity index (χ0) is 48.6. The van der Waals surface area contributed by atoms with Gasteiger partial charge >= 0.3 is 17.9 Å². The average molecular weight is 942 g/mol. The maximum absolute atomic E-state index is 12.8. The molecule has 0 heterocycles. The molecule has 0 saturated heterocycles. The molecule has 0 bridgehead atoms. The summed E-state index contributed by atoms with van der Waals surface area (Å²) in [5.74, 6) is -0.864. The fourth-order valence-electron chi connectivity index (χ4n) is 8.65. The third kappa shape index (κ3) is 54.4. The largest absolute Gasteiger partial charge is 0.462 e. The molecule has 0 amide bonds. The Labute approximate surface area is 416 Å². The minimum Gasteiger partial charge on any atom is -0.462 e. The van der Waals surface area contributed by atoms with E-state index in [9.17, 15) is 14.4 Å². The van der Waals surface area contributed by atoms with Crippen LogP contribution in [0.1, 0.15) is 316 Å². The summed E-state index contributed by atoms with van der Waals surface area (Å²) in [5, 5.41) is 0. The molecule has 0 aliphatic heterocycles. The zero-order valence-corrected chi connectivity index (χ0v) is 44.9. The van der Waals surface area contributed by atoms with Crippen molar-refractivity contribution in [3.63, 3.8) is 0 Å². The summed E-state index contributed by atoms with van der Waals surface area (Å²) in [6.45, 7) is 6.65. The van der Waals surface area contributed by atoms with E-state index in [1.807, 2.05) is 0 Å². The molecule has 0 aliphatic carbocycles. The number of unbranched alkanes of at least 4 members (excludes halogenated alkanes) is 37. The fourth-order valence-corrected chi connectivity index (χ4v) is 8.65. The van der Waals surface area contributed by atoms with E-state index < -0.39 is 6.10 Å². The van der Waals surface area contributed by atoms with Gasteiger partial charge in [-0.25, -0.2) is 0 Å². The lowest BCUT2D eigenvalue weighted by Gasteiger charge is -2.18. The van der Waals surface area contributed by atoms with Gasteiger partial charge in [-0.1, -0.05) is 256 Å². The van der Waals surface area contributed by atoms with Gasteiger partial charge in [0.05, 0.1) is 0 Å². The van der Waals surface area contributed by atoms with Crippen molar-refractivity contribution in [3.05, 3.63) is 36.5 Å². The van der Waals surface area contributed by atoms with Crippen molar-refractivity contribution in [3.8, 4) is 0 Å². The topological polar surface area (TPSA) is 78.9 Å². The normalized spacial score (nSPS) is 12.2. The van der Waals surface area contributed by atoms with E-state index in [-0.39, 0.29) is 31.1 Å². The van der Waals surface area contributed by atoms with E-state index in [1.54, 1.807) is 0 Å². The molecule has 392 valence electrons. The molecular formula is C61H112O6. The second-order valence-corrected chi connectivity index (χ2v) is 19.9. The van der Waals surface area contributed by atoms with Crippen molar-refractivity contribution in [2.45, 2.75) is 322 Å². The van der Waals surface area contributed by atoms with Crippen LogP contribution < -0.4 is 0 Å². The molecule has 0 aromatic heterocycles. The van der Waals surface area contributed by atoms with Gasteiger partial charge in [-0.3, -0.25) is 14.4 Å². The predicted octanol–water partition coefficient (Wildman–Crippen LogP) is 19.7. The van der Waals surface area contributed by atoms with Gasteiger partial charge in [0.2, 0.25) is 0 Å². The number of carbonyl (C=O) groups excluding carboxylic acids is 3. The Hall–Kier alpha value is -2.37. The molecule has 0 rings (SSSR count). The lowest BCUT2D eigenvalue weighted by Crippen LogP contribution is -2.30. The Morgan fingerprint density at radius 1 is 0.299 bits per heavy atom. The van der Waals surface area contributed by atoms with Crippen molar-refractivity contribution >= 4 is 17.9 Å². The minimum atomic E-state index is -0.773. The quantitative estimate of drug-likeness (QED) is 0.0262. The molecule has 6 heteroatoms. The maximum atomic E-state index is 12.8. The maximum Gasteiger partial charge on any atom is 0.306 e. The Morgan fingerprint density at radius 3 is 0.836 bits per heavy atom. The third-order valence-electron chi connectivity index (χ3n) is 13.1. The molecule has 0 aromatic rings. The zero-order valence-electron chi connectivity index (χ0n) is 44.9. The van der Waals surface area contributed by atoms with Gasteiger partial charge in [0.25, 0.3) is 0 Å². The lowest BCUT2D eigenvalue weighted by atomic mass is 10.1. The van der Waals surface area contributed by atoms with Crippen molar-refractivity contribution in [2.75, 3.05) is 13.2 Å². The van der Waals surface area contributed by atoms with E-state index in [0.717, 1.165) is 64.2 Å². The molecule has 0 spiro atoms. The molecule has 0 N–H and O–H groups in total. The number of esters is 3. The van der Waals surface area contributed by atoms with Crippen LogP contribution in [-0.4, -0.2) is 37.2 Å². The molecule has 1 atom stereocenters. The highest BCUT2D eigenvalue weighted by Crippen LogP contribution is 2.16. The van der Waals surface area contributed by atoms with E-state index in [2.05, 4.69) is 57.2 Å². The van der Waals surface area contributed by atoms with Gasteiger partial charge < -0.3 is 14.2 Å². The van der Waals surface area contributed by atoms with Gasteiger partial charge in [0, 0.05) is 19.3 Å². The van der Waals surface area contributed by atoms with E-state index in [1.165, 1.54) is 212 Å². The number of allylic oxidation sites excluding steroid dienone is 6. The predicted molar refractivity (Wildman–Crippen MR) is 289 cm³/mol. The second kappa shape index (κ2) is 56.2. The standard InChI is InChI=1S/C61H112O6/c1-4-7-10-13-16-19-22-24-26-28-29-30-31-33-34-36-39-42-45-48-51-54-60(63)66-57-58(56-65-59(62)53-50-47-44-41-38-21-18-15-12-9-6-3)67-61(64)55-52-49-46-43-40-37-35-32-27-25-23-20-17-14-11-8-5-2/h22,24-25,27-29,58H,4-21,23,26,30-57H2,1-3H3/b24-22-,27-25-,29-28-. The van der Waals surface area contributed by atoms with Crippen molar-refractivity contribution in [2.24, 2.45) is 0 Å². The summed E-state index contributed by atoms with van der Waals surface area (Å²) in [6.07, 6.45) is 67.1. The number of ether oxygens (including phenoxy) is 3. The van der Waals surface area contributed by atoms with E-state index >= 15 is 0 Å². The van der Waals surface area contributed by atoms with Crippen LogP contribution in [0.5, 0.6) is 0 Å². The van der Waals surface area contributed by atoms with Gasteiger partial charge in [-0.2, -0.15) is 0 Å². The van der Waals surface area contributed by atoms with Crippen LogP contribution in [-0.2, 0) is 28.6 Å². The summed E-state index contributed by atoms with van der Waals surface area (Å²) in [4.78, 5) is 38.1. The highest BCUT2D eigenvalue weighted by atomic mass is 16.6. The van der Waals surface area contributed by atoms with Crippen LogP contribution in [0.3, 0.4) is 0 Å². The summed E-state index contributed by atoms with van der Waals surface area (Å²) >= 11 is 0. The van der Waals surface area contributed by atoms with E-state index in [4.69, 9.17) is 14.2 Å². The van der Waals surface area contributed by atoms with E-state index in [0.29, 0.717) is 19.3 Å². The molecule has 0 aromatic carbocycles. The van der Waals surface area contributed by atoms with Crippen LogP contribution >= 0.6 is 0 Å². The Bertz CT molecular complexity index is 1130. The van der Waals surface area contributed by atoms with Crippen LogP contribution in [0, 0.1) is 0 Å². The van der Waals surface area contributed by atoms with Crippen LogP contribution in [0.15, 0.2) is 36.5 Å². The summed E-state index contributed by atoms with van der Waals surface area (Å²) < 4.78 is 16.9. The van der Waals surface area contributed by atoms with Crippen LogP contribution in [0.25, 0.3) is 0 Å². The summed E-state index contributed by atoms with van der Waals surface area (Å²) in [7, 11) is 0. The first-order valence-electron chi connectivity index (χ1n) is 29.5. The van der Waals surface area contributed by atoms with Crippen molar-refractivity contribution < 1.29 is 28.6 Å². The summed E-state index contributed by atoms with van der Waals surface area (Å²) in [5.41, 5.74) is 0. The second-order valence-electron chi connectivity index (χ2n) is 19.9. The summed E-state index contributed by atoms with van der Waals surface area (Å²) in [6, 6.07) is 0. The molecule has 0 aliphatic rings. The smallest absolute Gasteiger partial charge is 0.306 e. The molecule has 0 fully saturated rings. The number of rotatable bonds is 54. The first-order chi connectivity index (χ1) is 33.0. The lowest BCUT2D eigenvalue weighted by molar-refractivity contribution is -0.167. The van der Waals surface area contributed by atoms with Crippen molar-refractivity contribution in [1.82, 2.24) is 0 Å². The molecule has 0 saturated carbocycles. The van der Waals surface area contributed by atoms with Gasteiger partial charge in [-0.15, -0.1) is 0 Å². The molecular weight excluding hydrogens is 829 g/mol. The molecule has 0 radical (unpaired) electrons. The van der Waals surface area contributed by atoms with Crippen molar-refractivity contribution in [1.29, 1.82) is 0 Å². The number of hydrogen-bond acceptors (Lipinski definition) is 6. The molecule has 67 heavy (non-hydrogen) atoms. The first kappa shape index (κ1) is 64.6. The Kier molecular flexibility index (Phi) is 54.2. The Morgan fingerprint density at radius 2 is 0.537 bits per heavy atom. The highest BCUT2D eigenvalue weighted by molar-refractivity contribution is 5.71. The molecule has 1 unspecified atom stereocenters. The van der Waals surface area contributed by atoms with Crippen LogP contribution in [0.2, 0.25) is 0 Å². The van der Waals surface area contributed by atoms with Crippen LogP contribution in [0.4, 0.5) is 0 Å². The average Bonchev–Trinajstić information content (AvgIpc) is 3.33. The fraction of sp³-hybridized carbons (Fsp3) is 0.852. The SMILES string of the molecule is CCCCCCC/C=C\C/C=C\CCCCCCCCCCCC(=O)OCC(COC(=O)CCCCCCCCCCCCC)OC(=O)CCCCCCCCC/C=C\CCCCCCCC. The monoisotopic (exact) mass is 941 g/mol. The van der Waals surface area contributed by atoms with Gasteiger partial charge in [0.1, 0.15) is 13.2 Å². The Balaban J connectivity index is 4.29. The molecule has 6 nitrogen and oxygen atoms in total. The van der Waals surface area contributed by atoms with Gasteiger partial charge in [-0.05, 0) is 77.0 Å². The number of hydrogen-bond donors (Lipinski definition) is 0. The highest BCUT2D eigenvalue weighted by Gasteiger charge is 2.19. The minimum absolute atomic E-state index is 0.0717. The first-order valence-corrected chi connectivity index (χ1v) is 29.5.